The third-order valence-electron chi connectivity index (χ3n) is 5.36. The summed E-state index contributed by atoms with van der Waals surface area (Å²) in [5.74, 6) is -1.19. The lowest BCUT2D eigenvalue weighted by Crippen LogP contribution is -2.52. The molecule has 34 heavy (non-hydrogen) atoms. The van der Waals surface area contributed by atoms with E-state index in [1.165, 1.54) is 17.0 Å². The van der Waals surface area contributed by atoms with Gasteiger partial charge in [-0.15, -0.1) is 0 Å². The minimum atomic E-state index is -0.786. The van der Waals surface area contributed by atoms with Crippen molar-refractivity contribution in [3.05, 3.63) is 105 Å². The van der Waals surface area contributed by atoms with Crippen LogP contribution in [0.15, 0.2) is 77.3 Å². The smallest absolute Gasteiger partial charge is 0.243 e. The zero-order valence-corrected chi connectivity index (χ0v) is 21.4. The van der Waals surface area contributed by atoms with Gasteiger partial charge < -0.3 is 10.2 Å². The van der Waals surface area contributed by atoms with E-state index in [2.05, 4.69) is 21.2 Å². The van der Waals surface area contributed by atoms with Crippen LogP contribution in [0.5, 0.6) is 0 Å². The van der Waals surface area contributed by atoms with Gasteiger partial charge >= 0.3 is 0 Å². The highest BCUT2D eigenvalue weighted by Gasteiger charge is 2.31. The van der Waals surface area contributed by atoms with Crippen LogP contribution < -0.4 is 5.32 Å². The van der Waals surface area contributed by atoms with Crippen LogP contribution in [0.25, 0.3) is 0 Å². The summed E-state index contributed by atoms with van der Waals surface area (Å²) >= 11 is 9.62. The van der Waals surface area contributed by atoms with E-state index in [0.29, 0.717) is 6.42 Å². The zero-order chi connectivity index (χ0) is 24.7. The third-order valence-corrected chi connectivity index (χ3v) is 6.24. The number of halogens is 3. The third kappa shape index (κ3) is 7.15. The van der Waals surface area contributed by atoms with Crippen LogP contribution in [0.2, 0.25) is 5.02 Å². The van der Waals surface area contributed by atoms with Crippen LogP contribution in [-0.2, 0) is 29.0 Å². The number of nitrogens with zero attached hydrogens (tertiary/aromatic N) is 1. The highest BCUT2D eigenvalue weighted by molar-refractivity contribution is 9.10. The molecule has 0 fully saturated rings. The molecule has 0 radical (unpaired) electrons. The first-order valence-corrected chi connectivity index (χ1v) is 12.2. The van der Waals surface area contributed by atoms with E-state index in [1.807, 2.05) is 68.4 Å². The summed E-state index contributed by atoms with van der Waals surface area (Å²) in [4.78, 5) is 28.5. The van der Waals surface area contributed by atoms with Gasteiger partial charge in [0.1, 0.15) is 11.9 Å². The number of amides is 2. The van der Waals surface area contributed by atoms with Gasteiger partial charge in [0.15, 0.2) is 0 Å². The first-order valence-electron chi connectivity index (χ1n) is 11.1. The summed E-state index contributed by atoms with van der Waals surface area (Å²) in [5.41, 5.74) is 1.90. The Balaban J connectivity index is 2.00. The van der Waals surface area contributed by atoms with Gasteiger partial charge in [-0.05, 0) is 49.2 Å². The normalized spacial score (nSPS) is 11.8. The van der Waals surface area contributed by atoms with Crippen LogP contribution >= 0.6 is 27.5 Å². The molecule has 0 aliphatic heterocycles. The van der Waals surface area contributed by atoms with Crippen molar-refractivity contribution in [3.8, 4) is 0 Å². The maximum atomic E-state index is 14.5. The lowest BCUT2D eigenvalue weighted by atomic mass is 10.0. The van der Waals surface area contributed by atoms with Crippen molar-refractivity contribution in [2.45, 2.75) is 45.3 Å². The minimum absolute atomic E-state index is 0.101. The number of benzene rings is 3. The Labute approximate surface area is 213 Å². The number of carbonyl (C=O) groups excluding carboxylic acids is 2. The molecule has 0 saturated carbocycles. The van der Waals surface area contributed by atoms with Crippen LogP contribution in [0.4, 0.5) is 4.39 Å². The van der Waals surface area contributed by atoms with E-state index >= 15 is 0 Å². The Morgan fingerprint density at radius 3 is 2.26 bits per heavy atom. The minimum Gasteiger partial charge on any atom is -0.352 e. The Bertz CT molecular complexity index is 1100. The number of nitrogens with one attached hydrogen (secondary N) is 1. The first kappa shape index (κ1) is 25.9. The van der Waals surface area contributed by atoms with Crippen molar-refractivity contribution in [2.75, 3.05) is 0 Å². The zero-order valence-electron chi connectivity index (χ0n) is 19.1. The molecule has 0 aliphatic rings. The van der Waals surface area contributed by atoms with E-state index in [0.717, 1.165) is 15.6 Å². The summed E-state index contributed by atoms with van der Waals surface area (Å²) in [6, 6.07) is 20.5. The van der Waals surface area contributed by atoms with Crippen LogP contribution in [0, 0.1) is 5.82 Å². The van der Waals surface area contributed by atoms with Crippen molar-refractivity contribution >= 4 is 39.3 Å². The molecule has 3 aromatic carbocycles. The molecular formula is C27H27BrClFN2O2. The molecule has 3 aromatic rings. The molecule has 0 bridgehead atoms. The molecule has 0 spiro atoms. The Hall–Kier alpha value is -2.70. The summed E-state index contributed by atoms with van der Waals surface area (Å²) in [5, 5.41) is 3.12. The van der Waals surface area contributed by atoms with Crippen molar-refractivity contribution in [3.63, 3.8) is 0 Å². The molecule has 3 rings (SSSR count). The highest BCUT2D eigenvalue weighted by Crippen LogP contribution is 2.23. The Kier molecular flexibility index (Phi) is 9.25. The number of hydrogen-bond acceptors (Lipinski definition) is 2. The monoisotopic (exact) mass is 544 g/mol. The predicted octanol–water partition coefficient (Wildman–Crippen LogP) is 5.95. The van der Waals surface area contributed by atoms with Gasteiger partial charge in [0.05, 0.1) is 6.42 Å². The largest absolute Gasteiger partial charge is 0.352 e. The summed E-state index contributed by atoms with van der Waals surface area (Å²) < 4.78 is 15.4. The lowest BCUT2D eigenvalue weighted by Gasteiger charge is -2.32. The summed E-state index contributed by atoms with van der Waals surface area (Å²) in [7, 11) is 0. The summed E-state index contributed by atoms with van der Waals surface area (Å²) in [6.07, 6.45) is 0.0783. The molecule has 0 aromatic heterocycles. The molecule has 0 aliphatic carbocycles. The SMILES string of the molecule is CC(C)NC(=O)[C@H](Cc1ccccc1)N(Cc1ccc(Br)cc1)C(=O)Cc1c(F)cccc1Cl. The number of hydrogen-bond donors (Lipinski definition) is 1. The molecule has 4 nitrogen and oxygen atoms in total. The van der Waals surface area contributed by atoms with E-state index in [4.69, 9.17) is 11.6 Å². The fourth-order valence-corrected chi connectivity index (χ4v) is 4.17. The maximum Gasteiger partial charge on any atom is 0.243 e. The van der Waals surface area contributed by atoms with Crippen LogP contribution in [-0.4, -0.2) is 28.8 Å². The van der Waals surface area contributed by atoms with Crippen LogP contribution in [0.3, 0.4) is 0 Å². The quantitative estimate of drug-likeness (QED) is 0.361. The van der Waals surface area contributed by atoms with E-state index < -0.39 is 11.9 Å². The van der Waals surface area contributed by atoms with Crippen molar-refractivity contribution < 1.29 is 14.0 Å². The molecule has 0 heterocycles. The van der Waals surface area contributed by atoms with E-state index in [-0.39, 0.29) is 41.4 Å². The fraction of sp³-hybridized carbons (Fsp3) is 0.259. The number of carbonyl (C=O) groups is 2. The predicted molar refractivity (Wildman–Crippen MR) is 137 cm³/mol. The van der Waals surface area contributed by atoms with Crippen LogP contribution in [0.1, 0.15) is 30.5 Å². The highest BCUT2D eigenvalue weighted by atomic mass is 79.9. The van der Waals surface area contributed by atoms with Gasteiger partial charge in [0.2, 0.25) is 11.8 Å². The average Bonchev–Trinajstić information content (AvgIpc) is 2.80. The average molecular weight is 546 g/mol. The molecule has 1 atom stereocenters. The van der Waals surface area contributed by atoms with Gasteiger partial charge in [-0.25, -0.2) is 4.39 Å². The standard InChI is InChI=1S/C27H27BrClFN2O2/c1-18(2)31-27(34)25(15-19-7-4-3-5-8-19)32(17-20-11-13-21(28)14-12-20)26(33)16-22-23(29)9-6-10-24(22)30/h3-14,18,25H,15-17H2,1-2H3,(H,31,34)/t25-/m0/s1. The number of rotatable bonds is 9. The van der Waals surface area contributed by atoms with Gasteiger partial charge in [0.25, 0.3) is 0 Å². The molecule has 1 N–H and O–H groups in total. The molecule has 0 saturated heterocycles. The maximum absolute atomic E-state index is 14.5. The van der Waals surface area contributed by atoms with Crippen molar-refractivity contribution in [1.29, 1.82) is 0 Å². The molecule has 178 valence electrons. The van der Waals surface area contributed by atoms with Crippen molar-refractivity contribution in [2.24, 2.45) is 0 Å². The Morgan fingerprint density at radius 2 is 1.65 bits per heavy atom. The Morgan fingerprint density at radius 1 is 0.971 bits per heavy atom. The van der Waals surface area contributed by atoms with Crippen molar-refractivity contribution in [1.82, 2.24) is 10.2 Å². The van der Waals surface area contributed by atoms with Gasteiger partial charge in [0, 0.05) is 34.1 Å². The molecule has 2 amide bonds. The molecule has 0 unspecified atom stereocenters. The second kappa shape index (κ2) is 12.1. The second-order valence-corrected chi connectivity index (χ2v) is 9.72. The molecular weight excluding hydrogens is 519 g/mol. The van der Waals surface area contributed by atoms with Gasteiger partial charge in [-0.1, -0.05) is 76.1 Å². The lowest BCUT2D eigenvalue weighted by molar-refractivity contribution is -0.141. The first-order chi connectivity index (χ1) is 16.2. The van der Waals surface area contributed by atoms with E-state index in [1.54, 1.807) is 6.07 Å². The fourth-order valence-electron chi connectivity index (χ4n) is 3.68. The van der Waals surface area contributed by atoms with Gasteiger partial charge in [-0.2, -0.15) is 0 Å². The summed E-state index contributed by atoms with van der Waals surface area (Å²) in [6.45, 7) is 3.94. The second-order valence-electron chi connectivity index (χ2n) is 8.39. The van der Waals surface area contributed by atoms with Gasteiger partial charge in [-0.3, -0.25) is 9.59 Å². The molecule has 7 heteroatoms. The van der Waals surface area contributed by atoms with E-state index in [9.17, 15) is 14.0 Å². The topological polar surface area (TPSA) is 49.4 Å².